The average Bonchev–Trinajstić information content (AvgIpc) is 2.23. The predicted octanol–water partition coefficient (Wildman–Crippen LogP) is 1.68. The van der Waals surface area contributed by atoms with Crippen LogP contribution in [0.5, 0.6) is 0 Å². The molecular formula is C12H26N2O. The number of nitrogens with one attached hydrogen (secondary N) is 1. The van der Waals surface area contributed by atoms with Crippen molar-refractivity contribution in [1.29, 1.82) is 0 Å². The summed E-state index contributed by atoms with van der Waals surface area (Å²) in [5.74, 6) is 0.250. The summed E-state index contributed by atoms with van der Waals surface area (Å²) in [6.45, 7) is 9.44. The van der Waals surface area contributed by atoms with Crippen molar-refractivity contribution in [3.05, 3.63) is 0 Å². The van der Waals surface area contributed by atoms with Gasteiger partial charge < -0.3 is 10.2 Å². The summed E-state index contributed by atoms with van der Waals surface area (Å²) in [5, 5.41) is 3.05. The van der Waals surface area contributed by atoms with Crippen molar-refractivity contribution < 1.29 is 4.79 Å². The molecule has 0 aliphatic rings. The highest BCUT2D eigenvalue weighted by Gasteiger charge is 2.10. The number of ketones is 1. The summed E-state index contributed by atoms with van der Waals surface area (Å²) in [7, 11) is 1.86. The van der Waals surface area contributed by atoms with E-state index in [-0.39, 0.29) is 11.8 Å². The van der Waals surface area contributed by atoms with E-state index in [9.17, 15) is 4.79 Å². The second-order valence-corrected chi connectivity index (χ2v) is 3.97. The number of nitrogens with zero attached hydrogens (tertiary/aromatic N) is 1. The molecule has 0 aromatic rings. The minimum absolute atomic E-state index is 0.0571. The number of likely N-dealkylation sites (N-methyl/N-ethyl adjacent to an activating group) is 1. The van der Waals surface area contributed by atoms with Crippen LogP contribution >= 0.6 is 0 Å². The Morgan fingerprint density at radius 3 is 2.27 bits per heavy atom. The molecule has 15 heavy (non-hydrogen) atoms. The molecule has 1 unspecified atom stereocenters. The van der Waals surface area contributed by atoms with E-state index in [4.69, 9.17) is 0 Å². The average molecular weight is 214 g/mol. The van der Waals surface area contributed by atoms with Gasteiger partial charge in [0.2, 0.25) is 0 Å². The van der Waals surface area contributed by atoms with E-state index in [2.05, 4.69) is 24.1 Å². The summed E-state index contributed by atoms with van der Waals surface area (Å²) in [6, 6.07) is 0.0571. The number of rotatable bonds is 9. The van der Waals surface area contributed by atoms with E-state index in [1.807, 2.05) is 7.05 Å². The molecule has 0 heterocycles. The maximum atomic E-state index is 11.1. The van der Waals surface area contributed by atoms with Gasteiger partial charge >= 0.3 is 0 Å². The minimum Gasteiger partial charge on any atom is -0.311 e. The number of carbonyl (C=O) groups excluding carboxylic acids is 1. The Kier molecular flexibility index (Phi) is 8.62. The Hall–Kier alpha value is -0.410. The van der Waals surface area contributed by atoms with Gasteiger partial charge in [-0.15, -0.1) is 0 Å². The van der Waals surface area contributed by atoms with Gasteiger partial charge in [-0.1, -0.05) is 20.3 Å². The Balaban J connectivity index is 3.56. The fourth-order valence-electron chi connectivity index (χ4n) is 1.77. The fraction of sp³-hybridized carbons (Fsp3) is 0.917. The van der Waals surface area contributed by atoms with Crippen molar-refractivity contribution in [1.82, 2.24) is 10.2 Å². The van der Waals surface area contributed by atoms with E-state index in [0.717, 1.165) is 32.5 Å². The first-order chi connectivity index (χ1) is 7.15. The number of unbranched alkanes of at least 4 members (excludes halogenated alkanes) is 1. The Labute approximate surface area is 94.2 Å². The molecule has 0 saturated heterocycles. The molecule has 3 heteroatoms. The number of carbonyl (C=O) groups is 1. The van der Waals surface area contributed by atoms with Gasteiger partial charge in [-0.2, -0.15) is 0 Å². The third kappa shape index (κ3) is 6.63. The van der Waals surface area contributed by atoms with E-state index in [0.29, 0.717) is 0 Å². The molecule has 3 nitrogen and oxygen atoms in total. The summed E-state index contributed by atoms with van der Waals surface area (Å²) in [4.78, 5) is 13.6. The molecule has 0 rings (SSSR count). The topological polar surface area (TPSA) is 32.3 Å². The van der Waals surface area contributed by atoms with E-state index in [1.165, 1.54) is 6.42 Å². The van der Waals surface area contributed by atoms with Gasteiger partial charge in [0.15, 0.2) is 0 Å². The second-order valence-electron chi connectivity index (χ2n) is 3.97. The van der Waals surface area contributed by atoms with Crippen LogP contribution in [-0.4, -0.2) is 43.4 Å². The molecule has 0 bridgehead atoms. The summed E-state index contributed by atoms with van der Waals surface area (Å²) in [6.07, 6.45) is 3.28. The van der Waals surface area contributed by atoms with Gasteiger partial charge in [0, 0.05) is 0 Å². The third-order valence-corrected chi connectivity index (χ3v) is 2.95. The van der Waals surface area contributed by atoms with Crippen molar-refractivity contribution in [2.45, 2.75) is 46.1 Å². The maximum Gasteiger partial charge on any atom is 0.146 e. The van der Waals surface area contributed by atoms with Crippen molar-refractivity contribution in [2.24, 2.45) is 0 Å². The molecule has 0 aliphatic carbocycles. The SMILES string of the molecule is CCN(CC)CCCCC(NC)C(C)=O. The Morgan fingerprint density at radius 2 is 1.87 bits per heavy atom. The smallest absolute Gasteiger partial charge is 0.146 e. The number of hydrogen-bond acceptors (Lipinski definition) is 3. The molecule has 0 fully saturated rings. The fourth-order valence-corrected chi connectivity index (χ4v) is 1.77. The first-order valence-corrected chi connectivity index (χ1v) is 6.05. The monoisotopic (exact) mass is 214 g/mol. The Bertz CT molecular complexity index is 167. The summed E-state index contributed by atoms with van der Waals surface area (Å²) >= 11 is 0. The first-order valence-electron chi connectivity index (χ1n) is 6.05. The second kappa shape index (κ2) is 8.86. The molecule has 1 N–H and O–H groups in total. The quantitative estimate of drug-likeness (QED) is 0.593. The van der Waals surface area contributed by atoms with Crippen molar-refractivity contribution in [3.8, 4) is 0 Å². The lowest BCUT2D eigenvalue weighted by atomic mass is 10.1. The van der Waals surface area contributed by atoms with Crippen molar-refractivity contribution >= 4 is 5.78 Å². The van der Waals surface area contributed by atoms with Crippen LogP contribution in [0.1, 0.15) is 40.0 Å². The molecule has 0 aromatic carbocycles. The van der Waals surface area contributed by atoms with Gasteiger partial charge in [0.05, 0.1) is 6.04 Å². The standard InChI is InChI=1S/C12H26N2O/c1-5-14(6-2)10-8-7-9-12(13-4)11(3)15/h12-13H,5-10H2,1-4H3. The molecule has 90 valence electrons. The molecule has 0 aromatic heterocycles. The normalized spacial score (nSPS) is 13.1. The van der Waals surface area contributed by atoms with E-state index in [1.54, 1.807) is 6.92 Å². The zero-order valence-electron chi connectivity index (χ0n) is 10.7. The maximum absolute atomic E-state index is 11.1. The van der Waals surface area contributed by atoms with Gasteiger partial charge in [0.25, 0.3) is 0 Å². The highest BCUT2D eigenvalue weighted by atomic mass is 16.1. The molecule has 1 atom stereocenters. The van der Waals surface area contributed by atoms with Crippen molar-refractivity contribution in [2.75, 3.05) is 26.7 Å². The van der Waals surface area contributed by atoms with E-state index < -0.39 is 0 Å². The third-order valence-electron chi connectivity index (χ3n) is 2.95. The zero-order valence-corrected chi connectivity index (χ0v) is 10.7. The molecule has 0 aliphatic heterocycles. The lowest BCUT2D eigenvalue weighted by Gasteiger charge is -2.18. The van der Waals surface area contributed by atoms with Crippen LogP contribution in [0, 0.1) is 0 Å². The van der Waals surface area contributed by atoms with Crippen LogP contribution in [0.3, 0.4) is 0 Å². The van der Waals surface area contributed by atoms with Crippen LogP contribution in [0.15, 0.2) is 0 Å². The Morgan fingerprint density at radius 1 is 1.27 bits per heavy atom. The molecule has 0 spiro atoms. The first kappa shape index (κ1) is 14.6. The summed E-state index contributed by atoms with van der Waals surface area (Å²) in [5.41, 5.74) is 0. The molecule has 0 radical (unpaired) electrons. The van der Waals surface area contributed by atoms with Gasteiger partial charge in [-0.3, -0.25) is 4.79 Å². The van der Waals surface area contributed by atoms with Crippen LogP contribution in [0.4, 0.5) is 0 Å². The van der Waals surface area contributed by atoms with Crippen LogP contribution < -0.4 is 5.32 Å². The van der Waals surface area contributed by atoms with Crippen LogP contribution in [0.25, 0.3) is 0 Å². The number of hydrogen-bond donors (Lipinski definition) is 1. The highest BCUT2D eigenvalue weighted by Crippen LogP contribution is 2.03. The van der Waals surface area contributed by atoms with Gasteiger partial charge in [-0.05, 0) is 46.4 Å². The van der Waals surface area contributed by atoms with Gasteiger partial charge in [0.1, 0.15) is 5.78 Å². The highest BCUT2D eigenvalue weighted by molar-refractivity contribution is 5.81. The largest absolute Gasteiger partial charge is 0.311 e. The van der Waals surface area contributed by atoms with Crippen LogP contribution in [-0.2, 0) is 4.79 Å². The van der Waals surface area contributed by atoms with E-state index >= 15 is 0 Å². The molecular weight excluding hydrogens is 188 g/mol. The minimum atomic E-state index is 0.0571. The zero-order chi connectivity index (χ0) is 11.7. The molecule has 0 saturated carbocycles. The number of Topliss-reactive ketones (excluding diaryl/α,β-unsaturated/α-hetero) is 1. The molecule has 0 amide bonds. The summed E-state index contributed by atoms with van der Waals surface area (Å²) < 4.78 is 0. The predicted molar refractivity (Wildman–Crippen MR) is 65.2 cm³/mol. The lowest BCUT2D eigenvalue weighted by Crippen LogP contribution is -2.32. The lowest BCUT2D eigenvalue weighted by molar-refractivity contribution is -0.119. The van der Waals surface area contributed by atoms with Crippen LogP contribution in [0.2, 0.25) is 0 Å². The van der Waals surface area contributed by atoms with Crippen molar-refractivity contribution in [3.63, 3.8) is 0 Å². The van der Waals surface area contributed by atoms with Gasteiger partial charge in [-0.25, -0.2) is 0 Å².